The minimum Gasteiger partial charge on any atom is -0.386 e. The number of nitrogens with one attached hydrogen (secondary N) is 1. The second-order valence-electron chi connectivity index (χ2n) is 5.37. The third-order valence-electron chi connectivity index (χ3n) is 3.61. The summed E-state index contributed by atoms with van der Waals surface area (Å²) in [6.45, 7) is 3.44. The van der Waals surface area contributed by atoms with Crippen LogP contribution in [0.2, 0.25) is 5.22 Å². The molecule has 0 radical (unpaired) electrons. The first-order valence-corrected chi connectivity index (χ1v) is 7.60. The van der Waals surface area contributed by atoms with Crippen molar-refractivity contribution in [2.24, 2.45) is 0 Å². The fourth-order valence-corrected chi connectivity index (χ4v) is 2.50. The molecular formula is C16H18ClFN2O3. The Morgan fingerprint density at radius 2 is 2.09 bits per heavy atom. The van der Waals surface area contributed by atoms with Gasteiger partial charge >= 0.3 is 0 Å². The third-order valence-corrected chi connectivity index (χ3v) is 3.91. The molecule has 0 saturated heterocycles. The molecule has 0 saturated carbocycles. The van der Waals surface area contributed by atoms with Crippen LogP contribution in [0.4, 0.5) is 4.39 Å². The van der Waals surface area contributed by atoms with Crippen LogP contribution >= 0.6 is 11.6 Å². The largest absolute Gasteiger partial charge is 0.386 e. The highest BCUT2D eigenvalue weighted by Gasteiger charge is 2.19. The van der Waals surface area contributed by atoms with Gasteiger partial charge in [0, 0.05) is 12.0 Å². The topological polar surface area (TPSA) is 75.4 Å². The van der Waals surface area contributed by atoms with Crippen LogP contribution in [0, 0.1) is 12.7 Å². The number of aliphatic hydroxyl groups is 1. The average molecular weight is 341 g/mol. The number of aryl methyl sites for hydroxylation is 1. The molecule has 0 aliphatic heterocycles. The van der Waals surface area contributed by atoms with E-state index in [1.54, 1.807) is 13.8 Å². The summed E-state index contributed by atoms with van der Waals surface area (Å²) in [5.41, 5.74) is 1.90. The molecule has 1 aromatic carbocycles. The Morgan fingerprint density at radius 1 is 1.43 bits per heavy atom. The number of aromatic nitrogens is 1. The molecule has 1 amide bonds. The summed E-state index contributed by atoms with van der Waals surface area (Å²) in [6.07, 6.45) is -0.317. The monoisotopic (exact) mass is 340 g/mol. The highest BCUT2D eigenvalue weighted by Crippen LogP contribution is 2.21. The van der Waals surface area contributed by atoms with Gasteiger partial charge in [-0.05, 0) is 49.6 Å². The van der Waals surface area contributed by atoms with Crippen LogP contribution in [-0.4, -0.2) is 22.2 Å². The van der Waals surface area contributed by atoms with E-state index in [9.17, 15) is 14.3 Å². The SMILES string of the molecule is Cc1noc(Cl)c1CCC(=O)NC(C)C(O)c1ccc(F)cc1. The number of hydrogen-bond donors (Lipinski definition) is 2. The van der Waals surface area contributed by atoms with Gasteiger partial charge in [0.25, 0.3) is 0 Å². The van der Waals surface area contributed by atoms with Crippen molar-refractivity contribution in [2.45, 2.75) is 38.8 Å². The maximum atomic E-state index is 12.9. The molecule has 7 heteroatoms. The van der Waals surface area contributed by atoms with Crippen molar-refractivity contribution in [1.29, 1.82) is 0 Å². The van der Waals surface area contributed by atoms with Crippen molar-refractivity contribution >= 4 is 17.5 Å². The van der Waals surface area contributed by atoms with Gasteiger partial charge in [0.05, 0.1) is 17.8 Å². The van der Waals surface area contributed by atoms with Gasteiger partial charge in [0.1, 0.15) is 5.82 Å². The van der Waals surface area contributed by atoms with Crippen LogP contribution in [0.25, 0.3) is 0 Å². The number of amides is 1. The van der Waals surface area contributed by atoms with E-state index in [4.69, 9.17) is 16.1 Å². The average Bonchev–Trinajstić information content (AvgIpc) is 2.84. The van der Waals surface area contributed by atoms with Crippen LogP contribution in [0.5, 0.6) is 0 Å². The first-order valence-electron chi connectivity index (χ1n) is 7.22. The number of nitrogens with zero attached hydrogens (tertiary/aromatic N) is 1. The van der Waals surface area contributed by atoms with E-state index < -0.39 is 12.1 Å². The minimum absolute atomic E-state index is 0.190. The molecule has 5 nitrogen and oxygen atoms in total. The van der Waals surface area contributed by atoms with Crippen molar-refractivity contribution in [3.63, 3.8) is 0 Å². The Morgan fingerprint density at radius 3 is 2.65 bits per heavy atom. The molecule has 2 N–H and O–H groups in total. The van der Waals surface area contributed by atoms with E-state index in [1.807, 2.05) is 0 Å². The lowest BCUT2D eigenvalue weighted by Crippen LogP contribution is -2.37. The van der Waals surface area contributed by atoms with E-state index in [0.29, 0.717) is 23.2 Å². The van der Waals surface area contributed by atoms with Crippen molar-refractivity contribution < 1.29 is 18.8 Å². The summed E-state index contributed by atoms with van der Waals surface area (Å²) in [7, 11) is 0. The summed E-state index contributed by atoms with van der Waals surface area (Å²) in [6, 6.07) is 5.01. The molecule has 2 atom stereocenters. The zero-order valence-electron chi connectivity index (χ0n) is 12.8. The molecule has 1 heterocycles. The zero-order chi connectivity index (χ0) is 17.0. The van der Waals surface area contributed by atoms with Crippen molar-refractivity contribution in [3.05, 3.63) is 52.1 Å². The van der Waals surface area contributed by atoms with Gasteiger partial charge in [0.2, 0.25) is 11.1 Å². The zero-order valence-corrected chi connectivity index (χ0v) is 13.6. The lowest BCUT2D eigenvalue weighted by atomic mass is 10.0. The van der Waals surface area contributed by atoms with Crippen LogP contribution in [0.15, 0.2) is 28.8 Å². The molecule has 0 spiro atoms. The van der Waals surface area contributed by atoms with Crippen LogP contribution in [0.3, 0.4) is 0 Å². The molecule has 2 rings (SSSR count). The number of carbonyl (C=O) groups is 1. The minimum atomic E-state index is -0.916. The Hall–Kier alpha value is -1.92. The molecule has 124 valence electrons. The first kappa shape index (κ1) is 17.4. The summed E-state index contributed by atoms with van der Waals surface area (Å²) in [5, 5.41) is 16.8. The smallest absolute Gasteiger partial charge is 0.229 e. The van der Waals surface area contributed by atoms with E-state index in [2.05, 4.69) is 10.5 Å². The number of benzene rings is 1. The van der Waals surface area contributed by atoms with Crippen LogP contribution in [0.1, 0.15) is 36.3 Å². The van der Waals surface area contributed by atoms with Crippen LogP contribution in [-0.2, 0) is 11.2 Å². The number of rotatable bonds is 6. The molecule has 23 heavy (non-hydrogen) atoms. The maximum absolute atomic E-state index is 12.9. The predicted molar refractivity (Wildman–Crippen MR) is 83.5 cm³/mol. The van der Waals surface area contributed by atoms with Gasteiger partial charge in [0.15, 0.2) is 0 Å². The summed E-state index contributed by atoms with van der Waals surface area (Å²) < 4.78 is 17.7. The molecule has 0 aliphatic carbocycles. The third kappa shape index (κ3) is 4.53. The lowest BCUT2D eigenvalue weighted by Gasteiger charge is -2.20. The fraction of sp³-hybridized carbons (Fsp3) is 0.375. The van der Waals surface area contributed by atoms with Crippen LogP contribution < -0.4 is 5.32 Å². The standard InChI is InChI=1S/C16H18ClFN2O3/c1-9-13(16(17)23-20-9)7-8-14(21)19-10(2)15(22)11-3-5-12(18)6-4-11/h3-6,10,15,22H,7-8H2,1-2H3,(H,19,21). The molecule has 0 fully saturated rings. The normalized spacial score (nSPS) is 13.6. The molecule has 0 aliphatic rings. The molecule has 0 bridgehead atoms. The number of aliphatic hydroxyl groups excluding tert-OH is 1. The van der Waals surface area contributed by atoms with Crippen molar-refractivity contribution in [2.75, 3.05) is 0 Å². The van der Waals surface area contributed by atoms with Crippen molar-refractivity contribution in [3.8, 4) is 0 Å². The highest BCUT2D eigenvalue weighted by atomic mass is 35.5. The van der Waals surface area contributed by atoms with Gasteiger partial charge < -0.3 is 14.9 Å². The predicted octanol–water partition coefficient (Wildman–Crippen LogP) is 2.95. The second kappa shape index (κ2) is 7.57. The highest BCUT2D eigenvalue weighted by molar-refractivity contribution is 6.29. The summed E-state index contributed by atoms with van der Waals surface area (Å²) in [5.74, 6) is -0.603. The van der Waals surface area contributed by atoms with E-state index in [-0.39, 0.29) is 23.4 Å². The van der Waals surface area contributed by atoms with E-state index in [0.717, 1.165) is 0 Å². The van der Waals surface area contributed by atoms with Gasteiger partial charge in [-0.15, -0.1) is 0 Å². The number of carbonyl (C=O) groups excluding carboxylic acids is 1. The number of hydrogen-bond acceptors (Lipinski definition) is 4. The second-order valence-corrected chi connectivity index (χ2v) is 5.72. The Balaban J connectivity index is 1.88. The molecular weight excluding hydrogens is 323 g/mol. The van der Waals surface area contributed by atoms with E-state index in [1.165, 1.54) is 24.3 Å². The Kier molecular flexibility index (Phi) is 5.74. The summed E-state index contributed by atoms with van der Waals surface area (Å²) in [4.78, 5) is 12.0. The quantitative estimate of drug-likeness (QED) is 0.847. The summed E-state index contributed by atoms with van der Waals surface area (Å²) >= 11 is 5.85. The number of halogens is 2. The lowest BCUT2D eigenvalue weighted by molar-refractivity contribution is -0.122. The Bertz CT molecular complexity index is 653. The first-order chi connectivity index (χ1) is 10.9. The van der Waals surface area contributed by atoms with Gasteiger partial charge in [-0.3, -0.25) is 4.79 Å². The Labute approximate surface area is 138 Å². The molecule has 1 aromatic heterocycles. The fourth-order valence-electron chi connectivity index (χ4n) is 2.23. The maximum Gasteiger partial charge on any atom is 0.229 e. The van der Waals surface area contributed by atoms with Gasteiger partial charge in [-0.2, -0.15) is 0 Å². The van der Waals surface area contributed by atoms with Crippen molar-refractivity contribution in [1.82, 2.24) is 10.5 Å². The molecule has 2 unspecified atom stereocenters. The van der Waals surface area contributed by atoms with E-state index >= 15 is 0 Å². The van der Waals surface area contributed by atoms with Gasteiger partial charge in [-0.1, -0.05) is 17.3 Å². The molecule has 2 aromatic rings. The van der Waals surface area contributed by atoms with Gasteiger partial charge in [-0.25, -0.2) is 4.39 Å².